The summed E-state index contributed by atoms with van der Waals surface area (Å²) in [5.41, 5.74) is 6.82. The zero-order valence-corrected chi connectivity index (χ0v) is 11.7. The van der Waals surface area contributed by atoms with Gasteiger partial charge in [0.05, 0.1) is 7.11 Å². The van der Waals surface area contributed by atoms with E-state index in [-0.39, 0.29) is 17.6 Å². The molecule has 106 valence electrons. The number of hydrogen-bond acceptors (Lipinski definition) is 4. The second-order valence-corrected chi connectivity index (χ2v) is 5.59. The molecule has 0 saturated carbocycles. The highest BCUT2D eigenvalue weighted by molar-refractivity contribution is 5.74. The Balaban J connectivity index is 3.26. The van der Waals surface area contributed by atoms with E-state index in [2.05, 4.69) is 0 Å². The van der Waals surface area contributed by atoms with E-state index < -0.39 is 12.0 Å². The van der Waals surface area contributed by atoms with Gasteiger partial charge in [0.15, 0.2) is 11.5 Å². The second kappa shape index (κ2) is 5.48. The number of nitrogens with two attached hydrogens (primary N) is 1. The van der Waals surface area contributed by atoms with Crippen molar-refractivity contribution in [2.75, 3.05) is 7.11 Å². The highest BCUT2D eigenvalue weighted by atomic mass is 16.5. The number of carboxylic acid groups (broad SMARTS) is 1. The monoisotopic (exact) mass is 267 g/mol. The average Bonchev–Trinajstić information content (AvgIpc) is 2.29. The van der Waals surface area contributed by atoms with E-state index in [9.17, 15) is 9.90 Å². The van der Waals surface area contributed by atoms with Crippen LogP contribution < -0.4 is 10.5 Å². The molecule has 5 nitrogen and oxygen atoms in total. The Hall–Kier alpha value is -1.75. The Morgan fingerprint density at radius 2 is 2.00 bits per heavy atom. The molecule has 0 aliphatic heterocycles. The fourth-order valence-electron chi connectivity index (χ4n) is 1.73. The molecular formula is C14H21NO4. The molecule has 0 amide bonds. The largest absolute Gasteiger partial charge is 0.504 e. The lowest BCUT2D eigenvalue weighted by Crippen LogP contribution is -2.32. The van der Waals surface area contributed by atoms with Crippen molar-refractivity contribution in [3.63, 3.8) is 0 Å². The summed E-state index contributed by atoms with van der Waals surface area (Å²) in [7, 11) is 1.46. The van der Waals surface area contributed by atoms with Gasteiger partial charge in [-0.25, -0.2) is 0 Å². The predicted octanol–water partition coefficient (Wildman–Crippen LogP) is 1.65. The van der Waals surface area contributed by atoms with Gasteiger partial charge in [-0.05, 0) is 17.0 Å². The summed E-state index contributed by atoms with van der Waals surface area (Å²) in [5.74, 6) is -0.813. The van der Waals surface area contributed by atoms with Gasteiger partial charge in [-0.1, -0.05) is 26.8 Å². The molecule has 0 heterocycles. The maximum absolute atomic E-state index is 10.8. The van der Waals surface area contributed by atoms with Gasteiger partial charge >= 0.3 is 5.97 Å². The molecule has 0 fully saturated rings. The van der Waals surface area contributed by atoms with Crippen LogP contribution in [0.2, 0.25) is 0 Å². The van der Waals surface area contributed by atoms with Gasteiger partial charge in [0, 0.05) is 12.0 Å². The van der Waals surface area contributed by atoms with Gasteiger partial charge in [0.2, 0.25) is 0 Å². The first-order valence-electron chi connectivity index (χ1n) is 6.05. The van der Waals surface area contributed by atoms with Crippen LogP contribution in [-0.2, 0) is 16.6 Å². The number of benzene rings is 1. The van der Waals surface area contributed by atoms with Crippen LogP contribution in [0.25, 0.3) is 0 Å². The van der Waals surface area contributed by atoms with Crippen LogP contribution >= 0.6 is 0 Å². The quantitative estimate of drug-likeness (QED) is 0.771. The lowest BCUT2D eigenvalue weighted by Gasteiger charge is -2.22. The van der Waals surface area contributed by atoms with Crippen LogP contribution in [0.1, 0.15) is 31.9 Å². The number of ether oxygens (including phenoxy) is 1. The Kier molecular flexibility index (Phi) is 4.42. The molecule has 4 N–H and O–H groups in total. The van der Waals surface area contributed by atoms with Crippen molar-refractivity contribution >= 4 is 5.97 Å². The summed E-state index contributed by atoms with van der Waals surface area (Å²) in [6.07, 6.45) is 0.0570. The molecule has 0 radical (unpaired) electrons. The first kappa shape index (κ1) is 15.3. The van der Waals surface area contributed by atoms with Crippen molar-refractivity contribution < 1.29 is 19.7 Å². The fraction of sp³-hybridized carbons (Fsp3) is 0.500. The number of hydrogen-bond donors (Lipinski definition) is 3. The molecular weight excluding hydrogens is 246 g/mol. The zero-order valence-electron chi connectivity index (χ0n) is 11.7. The molecule has 0 aliphatic rings. The average molecular weight is 267 g/mol. The Morgan fingerprint density at radius 1 is 1.42 bits per heavy atom. The number of aromatic hydroxyl groups is 1. The van der Waals surface area contributed by atoms with E-state index in [4.69, 9.17) is 15.6 Å². The van der Waals surface area contributed by atoms with E-state index >= 15 is 0 Å². The summed E-state index contributed by atoms with van der Waals surface area (Å²) < 4.78 is 5.13. The van der Waals surface area contributed by atoms with Crippen molar-refractivity contribution in [2.45, 2.75) is 38.6 Å². The molecule has 1 aromatic rings. The maximum atomic E-state index is 10.8. The smallest absolute Gasteiger partial charge is 0.320 e. The van der Waals surface area contributed by atoms with Crippen LogP contribution in [0.15, 0.2) is 12.1 Å². The van der Waals surface area contributed by atoms with Crippen molar-refractivity contribution in [2.24, 2.45) is 5.73 Å². The topological polar surface area (TPSA) is 92.8 Å². The summed E-state index contributed by atoms with van der Waals surface area (Å²) in [4.78, 5) is 10.8. The number of rotatable bonds is 4. The lowest BCUT2D eigenvalue weighted by molar-refractivity contribution is -0.138. The van der Waals surface area contributed by atoms with Gasteiger partial charge < -0.3 is 20.7 Å². The number of aliphatic carboxylic acids is 1. The third-order valence-corrected chi connectivity index (χ3v) is 3.00. The van der Waals surface area contributed by atoms with E-state index in [1.165, 1.54) is 7.11 Å². The highest BCUT2D eigenvalue weighted by Gasteiger charge is 2.22. The SMILES string of the molecule is COc1cc(C(C)(C)C)cc(CC(N)C(=O)O)c1O. The first-order valence-corrected chi connectivity index (χ1v) is 6.05. The van der Waals surface area contributed by atoms with Gasteiger partial charge in [-0.3, -0.25) is 4.79 Å². The Labute approximate surface area is 113 Å². The van der Waals surface area contributed by atoms with Crippen molar-refractivity contribution in [3.8, 4) is 11.5 Å². The lowest BCUT2D eigenvalue weighted by atomic mass is 9.85. The number of methoxy groups -OCH3 is 1. The molecule has 19 heavy (non-hydrogen) atoms. The minimum Gasteiger partial charge on any atom is -0.504 e. The number of carbonyl (C=O) groups is 1. The fourth-order valence-corrected chi connectivity index (χ4v) is 1.73. The summed E-state index contributed by atoms with van der Waals surface area (Å²) in [5, 5.41) is 18.9. The Bertz CT molecular complexity index is 477. The van der Waals surface area contributed by atoms with E-state index in [1.807, 2.05) is 20.8 Å². The molecule has 0 saturated heterocycles. The summed E-state index contributed by atoms with van der Waals surface area (Å²) >= 11 is 0. The van der Waals surface area contributed by atoms with Crippen molar-refractivity contribution in [1.29, 1.82) is 0 Å². The molecule has 0 aromatic heterocycles. The van der Waals surface area contributed by atoms with Crippen LogP contribution in [0.4, 0.5) is 0 Å². The van der Waals surface area contributed by atoms with Gasteiger partial charge in [-0.15, -0.1) is 0 Å². The van der Waals surface area contributed by atoms with Crippen LogP contribution in [0.5, 0.6) is 11.5 Å². The maximum Gasteiger partial charge on any atom is 0.320 e. The molecule has 0 bridgehead atoms. The normalized spacial score (nSPS) is 13.1. The van der Waals surface area contributed by atoms with Crippen molar-refractivity contribution in [1.82, 2.24) is 0 Å². The minimum absolute atomic E-state index is 0.0489. The standard InChI is InChI=1S/C14H21NO4/c1-14(2,3)9-5-8(6-10(15)13(17)18)12(16)11(7-9)19-4/h5,7,10,16H,6,15H2,1-4H3,(H,17,18). The molecule has 5 heteroatoms. The molecule has 1 unspecified atom stereocenters. The molecule has 1 atom stereocenters. The minimum atomic E-state index is -1.10. The number of carboxylic acids is 1. The van der Waals surface area contributed by atoms with Gasteiger partial charge in [-0.2, -0.15) is 0 Å². The molecule has 0 aliphatic carbocycles. The van der Waals surface area contributed by atoms with Crippen LogP contribution in [0, 0.1) is 0 Å². The third-order valence-electron chi connectivity index (χ3n) is 3.00. The van der Waals surface area contributed by atoms with E-state index in [1.54, 1.807) is 12.1 Å². The summed E-state index contributed by atoms with van der Waals surface area (Å²) in [6, 6.07) is 2.48. The summed E-state index contributed by atoms with van der Waals surface area (Å²) in [6.45, 7) is 6.08. The predicted molar refractivity (Wildman–Crippen MR) is 72.7 cm³/mol. The third kappa shape index (κ3) is 3.61. The Morgan fingerprint density at radius 3 is 2.42 bits per heavy atom. The first-order chi connectivity index (χ1) is 8.66. The molecule has 1 rings (SSSR count). The number of phenolic OH excluding ortho intramolecular Hbond substituents is 1. The van der Waals surface area contributed by atoms with Crippen LogP contribution in [0.3, 0.4) is 0 Å². The van der Waals surface area contributed by atoms with E-state index in [0.29, 0.717) is 11.3 Å². The molecule has 0 spiro atoms. The zero-order chi connectivity index (χ0) is 14.8. The van der Waals surface area contributed by atoms with Gasteiger partial charge in [0.1, 0.15) is 6.04 Å². The number of phenols is 1. The van der Waals surface area contributed by atoms with E-state index in [0.717, 1.165) is 5.56 Å². The second-order valence-electron chi connectivity index (χ2n) is 5.59. The van der Waals surface area contributed by atoms with Crippen molar-refractivity contribution in [3.05, 3.63) is 23.3 Å². The van der Waals surface area contributed by atoms with Gasteiger partial charge in [0.25, 0.3) is 0 Å². The molecule has 1 aromatic carbocycles. The van der Waals surface area contributed by atoms with Crippen LogP contribution in [-0.4, -0.2) is 29.3 Å². The highest BCUT2D eigenvalue weighted by Crippen LogP contribution is 2.36.